The molecular formula is C26H37N3O5S. The van der Waals surface area contributed by atoms with Gasteiger partial charge >= 0.3 is 0 Å². The van der Waals surface area contributed by atoms with E-state index in [2.05, 4.69) is 5.32 Å². The van der Waals surface area contributed by atoms with E-state index in [0.29, 0.717) is 12.4 Å². The minimum Gasteiger partial charge on any atom is -0.492 e. The molecule has 0 fully saturated rings. The van der Waals surface area contributed by atoms with Crippen molar-refractivity contribution in [3.63, 3.8) is 0 Å². The molecule has 0 radical (unpaired) electrons. The Hall–Kier alpha value is -3.07. The summed E-state index contributed by atoms with van der Waals surface area (Å²) in [5.74, 6) is -0.464. The molecule has 0 aliphatic heterocycles. The molecule has 2 rings (SSSR count). The number of hydrogen-bond acceptors (Lipinski definition) is 5. The predicted molar refractivity (Wildman–Crippen MR) is 139 cm³/mol. The van der Waals surface area contributed by atoms with E-state index in [9.17, 15) is 18.0 Å². The van der Waals surface area contributed by atoms with E-state index < -0.39 is 34.1 Å². The maximum Gasteiger partial charge on any atom is 0.244 e. The lowest BCUT2D eigenvalue weighted by Crippen LogP contribution is -2.54. The van der Waals surface area contributed by atoms with Crippen LogP contribution in [0, 0.1) is 6.92 Å². The SMILES string of the molecule is CCOc1ccccc1N(CC(=O)N(Cc1ccc(C)cc1)[C@H](C)C(=O)NC(C)(C)C)S(C)(=O)=O. The Kier molecular flexibility index (Phi) is 9.31. The molecule has 0 unspecified atom stereocenters. The van der Waals surface area contributed by atoms with Gasteiger partial charge in [-0.25, -0.2) is 8.42 Å². The topological polar surface area (TPSA) is 96.0 Å². The summed E-state index contributed by atoms with van der Waals surface area (Å²) in [5.41, 5.74) is 1.69. The molecule has 9 heteroatoms. The van der Waals surface area contributed by atoms with E-state index in [1.165, 1.54) is 4.90 Å². The van der Waals surface area contributed by atoms with Gasteiger partial charge in [0.25, 0.3) is 0 Å². The van der Waals surface area contributed by atoms with Gasteiger partial charge < -0.3 is 15.0 Å². The quantitative estimate of drug-likeness (QED) is 0.535. The zero-order chi connectivity index (χ0) is 26.4. The summed E-state index contributed by atoms with van der Waals surface area (Å²) in [6.07, 6.45) is 1.04. The zero-order valence-electron chi connectivity index (χ0n) is 21.7. The Morgan fingerprint density at radius 2 is 1.66 bits per heavy atom. The number of anilines is 1. The lowest BCUT2D eigenvalue weighted by atomic mass is 10.1. The Morgan fingerprint density at radius 3 is 2.20 bits per heavy atom. The van der Waals surface area contributed by atoms with Crippen LogP contribution in [0.5, 0.6) is 5.75 Å². The molecule has 0 saturated heterocycles. The molecular weight excluding hydrogens is 466 g/mol. The lowest BCUT2D eigenvalue weighted by molar-refractivity contribution is -0.140. The van der Waals surface area contributed by atoms with Crippen LogP contribution in [0.15, 0.2) is 48.5 Å². The second-order valence-electron chi connectivity index (χ2n) is 9.59. The van der Waals surface area contributed by atoms with Crippen molar-refractivity contribution in [3.8, 4) is 5.75 Å². The van der Waals surface area contributed by atoms with Crippen LogP contribution < -0.4 is 14.4 Å². The highest BCUT2D eigenvalue weighted by Gasteiger charge is 2.32. The molecule has 0 saturated carbocycles. The number of nitrogens with zero attached hydrogens (tertiary/aromatic N) is 2. The third kappa shape index (κ3) is 8.28. The van der Waals surface area contributed by atoms with Gasteiger partial charge in [0.05, 0.1) is 18.6 Å². The van der Waals surface area contributed by atoms with Crippen LogP contribution in [0.25, 0.3) is 0 Å². The number of benzene rings is 2. The van der Waals surface area contributed by atoms with Crippen LogP contribution in [-0.2, 0) is 26.2 Å². The smallest absolute Gasteiger partial charge is 0.244 e. The summed E-state index contributed by atoms with van der Waals surface area (Å²) in [5, 5.41) is 2.91. The number of ether oxygens (including phenoxy) is 1. The van der Waals surface area contributed by atoms with Crippen LogP contribution in [0.1, 0.15) is 45.7 Å². The number of rotatable bonds is 10. The summed E-state index contributed by atoms with van der Waals surface area (Å²) < 4.78 is 32.1. The summed E-state index contributed by atoms with van der Waals surface area (Å²) in [6.45, 7) is 11.0. The first kappa shape index (κ1) is 28.2. The number of aryl methyl sites for hydroxylation is 1. The maximum atomic E-state index is 13.6. The van der Waals surface area contributed by atoms with Crippen molar-refractivity contribution in [3.05, 3.63) is 59.7 Å². The van der Waals surface area contributed by atoms with Gasteiger partial charge in [0.15, 0.2) is 0 Å². The highest BCUT2D eigenvalue weighted by molar-refractivity contribution is 7.92. The summed E-state index contributed by atoms with van der Waals surface area (Å²) in [6, 6.07) is 13.5. The third-order valence-corrected chi connectivity index (χ3v) is 6.38. The number of carbonyl (C=O) groups is 2. The standard InChI is InChI=1S/C26H37N3O5S/c1-8-34-23-12-10-9-11-22(23)29(35(7,32)33)18-24(30)28(17-21-15-13-19(2)14-16-21)20(3)25(31)27-26(4,5)6/h9-16,20H,8,17-18H2,1-7H3,(H,27,31)/t20-/m1/s1. The normalized spacial score (nSPS) is 12.5. The molecule has 0 bridgehead atoms. The minimum atomic E-state index is -3.84. The van der Waals surface area contributed by atoms with Crippen molar-refractivity contribution < 1.29 is 22.7 Å². The van der Waals surface area contributed by atoms with Crippen molar-refractivity contribution in [1.29, 1.82) is 0 Å². The van der Waals surface area contributed by atoms with Gasteiger partial charge in [-0.2, -0.15) is 0 Å². The van der Waals surface area contributed by atoms with Crippen molar-refractivity contribution in [2.75, 3.05) is 23.7 Å². The van der Waals surface area contributed by atoms with Gasteiger partial charge in [-0.1, -0.05) is 42.0 Å². The monoisotopic (exact) mass is 503 g/mol. The van der Waals surface area contributed by atoms with Crippen LogP contribution in [0.2, 0.25) is 0 Å². The predicted octanol–water partition coefficient (Wildman–Crippen LogP) is 3.49. The van der Waals surface area contributed by atoms with Gasteiger partial charge in [-0.05, 0) is 59.2 Å². The highest BCUT2D eigenvalue weighted by atomic mass is 32.2. The fourth-order valence-electron chi connectivity index (χ4n) is 3.48. The van der Waals surface area contributed by atoms with Crippen molar-refractivity contribution in [1.82, 2.24) is 10.2 Å². The van der Waals surface area contributed by atoms with Crippen molar-refractivity contribution in [2.24, 2.45) is 0 Å². The molecule has 0 aliphatic rings. The van der Waals surface area contributed by atoms with Crippen molar-refractivity contribution in [2.45, 2.75) is 59.7 Å². The average molecular weight is 504 g/mol. The average Bonchev–Trinajstić information content (AvgIpc) is 2.75. The number of para-hydroxylation sites is 2. The van der Waals surface area contributed by atoms with E-state index in [0.717, 1.165) is 21.7 Å². The van der Waals surface area contributed by atoms with Crippen LogP contribution in [0.3, 0.4) is 0 Å². The zero-order valence-corrected chi connectivity index (χ0v) is 22.5. The van der Waals surface area contributed by atoms with Crippen LogP contribution in [0.4, 0.5) is 5.69 Å². The number of hydrogen-bond donors (Lipinski definition) is 1. The third-order valence-electron chi connectivity index (χ3n) is 5.25. The van der Waals surface area contributed by atoms with Crippen molar-refractivity contribution >= 4 is 27.5 Å². The largest absolute Gasteiger partial charge is 0.492 e. The molecule has 0 aliphatic carbocycles. The lowest BCUT2D eigenvalue weighted by Gasteiger charge is -2.33. The Bertz CT molecular complexity index is 1120. The molecule has 1 N–H and O–H groups in total. The van der Waals surface area contributed by atoms with E-state index in [1.54, 1.807) is 38.1 Å². The fraction of sp³-hybridized carbons (Fsp3) is 0.462. The molecule has 0 aromatic heterocycles. The minimum absolute atomic E-state index is 0.155. The number of carbonyl (C=O) groups excluding carboxylic acids is 2. The molecule has 2 aromatic rings. The van der Waals surface area contributed by atoms with E-state index in [4.69, 9.17) is 4.74 Å². The van der Waals surface area contributed by atoms with Gasteiger partial charge in [0.2, 0.25) is 21.8 Å². The van der Waals surface area contributed by atoms with E-state index in [1.807, 2.05) is 52.0 Å². The molecule has 2 amide bonds. The van der Waals surface area contributed by atoms with Crippen LogP contribution in [-0.4, -0.2) is 56.1 Å². The van der Waals surface area contributed by atoms with Gasteiger partial charge in [-0.15, -0.1) is 0 Å². The summed E-state index contributed by atoms with van der Waals surface area (Å²) in [4.78, 5) is 28.0. The van der Waals surface area contributed by atoms with Gasteiger partial charge in [-0.3, -0.25) is 13.9 Å². The van der Waals surface area contributed by atoms with Gasteiger partial charge in [0.1, 0.15) is 18.3 Å². The summed E-state index contributed by atoms with van der Waals surface area (Å²) >= 11 is 0. The first-order valence-corrected chi connectivity index (χ1v) is 13.4. The fourth-order valence-corrected chi connectivity index (χ4v) is 4.34. The molecule has 192 valence electrons. The van der Waals surface area contributed by atoms with E-state index >= 15 is 0 Å². The Morgan fingerprint density at radius 1 is 1.06 bits per heavy atom. The Labute approximate surface area is 209 Å². The molecule has 0 spiro atoms. The molecule has 8 nitrogen and oxygen atoms in total. The molecule has 35 heavy (non-hydrogen) atoms. The highest BCUT2D eigenvalue weighted by Crippen LogP contribution is 2.30. The Balaban J connectivity index is 2.44. The number of sulfonamides is 1. The first-order valence-electron chi connectivity index (χ1n) is 11.6. The van der Waals surface area contributed by atoms with E-state index in [-0.39, 0.29) is 18.1 Å². The first-order chi connectivity index (χ1) is 16.2. The second-order valence-corrected chi connectivity index (χ2v) is 11.5. The number of nitrogens with one attached hydrogen (secondary N) is 1. The van der Waals surface area contributed by atoms with Crippen LogP contribution >= 0.6 is 0 Å². The van der Waals surface area contributed by atoms with Gasteiger partial charge in [0, 0.05) is 12.1 Å². The second kappa shape index (κ2) is 11.6. The number of amides is 2. The summed E-state index contributed by atoms with van der Waals surface area (Å²) in [7, 11) is -3.84. The molecule has 0 heterocycles. The molecule has 1 atom stereocenters. The molecule has 2 aromatic carbocycles. The maximum absolute atomic E-state index is 13.6.